The fraction of sp³-hybridized carbons (Fsp3) is 0.571. The number of rotatable bonds is 7. The molecular weight excluding hydrogens is 271 g/mol. The minimum Gasteiger partial charge on any atom is -0.316 e. The molecule has 19 heavy (non-hydrogen) atoms. The third-order valence-electron chi connectivity index (χ3n) is 2.86. The van der Waals surface area contributed by atoms with E-state index in [9.17, 15) is 13.2 Å². The standard InChI is InChI=1S/C14H20F3NS/c1-11-5-3-7-13(9-11)19-10-12(18-2)6-4-8-14(15,16)17/h3,5,7,9,12,18H,4,6,8,10H2,1-2H3. The van der Waals surface area contributed by atoms with Gasteiger partial charge in [0, 0.05) is 23.1 Å². The Hall–Kier alpha value is -0.680. The average Bonchev–Trinajstić information content (AvgIpc) is 2.32. The molecule has 1 aromatic rings. The minimum absolute atomic E-state index is 0.118. The summed E-state index contributed by atoms with van der Waals surface area (Å²) in [6.45, 7) is 2.03. The third kappa shape index (κ3) is 7.47. The van der Waals surface area contributed by atoms with Crippen molar-refractivity contribution in [2.75, 3.05) is 12.8 Å². The molecule has 1 rings (SSSR count). The molecule has 0 bridgehead atoms. The van der Waals surface area contributed by atoms with Crippen LogP contribution in [0.1, 0.15) is 24.8 Å². The predicted molar refractivity (Wildman–Crippen MR) is 74.7 cm³/mol. The molecule has 0 saturated heterocycles. The van der Waals surface area contributed by atoms with Crippen LogP contribution in [0.25, 0.3) is 0 Å². The molecule has 0 fully saturated rings. The van der Waals surface area contributed by atoms with Gasteiger partial charge in [-0.3, -0.25) is 0 Å². The topological polar surface area (TPSA) is 12.0 Å². The molecule has 5 heteroatoms. The monoisotopic (exact) mass is 291 g/mol. The fourth-order valence-corrected chi connectivity index (χ4v) is 2.93. The molecule has 0 amide bonds. The van der Waals surface area contributed by atoms with E-state index in [-0.39, 0.29) is 12.5 Å². The fourth-order valence-electron chi connectivity index (χ4n) is 1.76. The van der Waals surface area contributed by atoms with Crippen molar-refractivity contribution in [2.24, 2.45) is 0 Å². The lowest BCUT2D eigenvalue weighted by Gasteiger charge is -2.16. The van der Waals surface area contributed by atoms with Crippen LogP contribution in [0.4, 0.5) is 13.2 Å². The molecule has 1 atom stereocenters. The molecule has 1 nitrogen and oxygen atoms in total. The normalized spacial score (nSPS) is 13.5. The van der Waals surface area contributed by atoms with Crippen molar-refractivity contribution in [3.8, 4) is 0 Å². The van der Waals surface area contributed by atoms with Gasteiger partial charge in [0.1, 0.15) is 0 Å². The predicted octanol–water partition coefficient (Wildman–Crippen LogP) is 4.41. The largest absolute Gasteiger partial charge is 0.389 e. The lowest BCUT2D eigenvalue weighted by molar-refractivity contribution is -0.135. The Morgan fingerprint density at radius 1 is 1.32 bits per heavy atom. The first kappa shape index (κ1) is 16.4. The molecule has 1 unspecified atom stereocenters. The summed E-state index contributed by atoms with van der Waals surface area (Å²) in [5.41, 5.74) is 1.20. The van der Waals surface area contributed by atoms with Gasteiger partial charge in [-0.05, 0) is 38.9 Å². The zero-order valence-corrected chi connectivity index (χ0v) is 12.1. The van der Waals surface area contributed by atoms with Crippen molar-refractivity contribution < 1.29 is 13.2 Å². The summed E-state index contributed by atoms with van der Waals surface area (Å²) >= 11 is 1.68. The maximum absolute atomic E-state index is 12.1. The first-order valence-corrected chi connectivity index (χ1v) is 7.33. The Labute approximate surface area is 117 Å². The number of thioether (sulfide) groups is 1. The minimum atomic E-state index is -4.04. The quantitative estimate of drug-likeness (QED) is 0.747. The van der Waals surface area contributed by atoms with Gasteiger partial charge in [-0.2, -0.15) is 13.2 Å². The van der Waals surface area contributed by atoms with Crippen molar-refractivity contribution in [3.63, 3.8) is 0 Å². The van der Waals surface area contributed by atoms with E-state index >= 15 is 0 Å². The van der Waals surface area contributed by atoms with E-state index in [0.717, 1.165) is 10.6 Å². The highest BCUT2D eigenvalue weighted by Crippen LogP contribution is 2.24. The number of nitrogens with one attached hydrogen (secondary N) is 1. The van der Waals surface area contributed by atoms with Crippen LogP contribution in [0.3, 0.4) is 0 Å². The summed E-state index contributed by atoms with van der Waals surface area (Å²) in [4.78, 5) is 1.16. The second-order valence-corrected chi connectivity index (χ2v) is 5.71. The Kier molecular flexibility index (Phi) is 6.72. The van der Waals surface area contributed by atoms with Crippen LogP contribution in [-0.2, 0) is 0 Å². The summed E-state index contributed by atoms with van der Waals surface area (Å²) in [6, 6.07) is 8.26. The molecule has 0 radical (unpaired) electrons. The van der Waals surface area contributed by atoms with E-state index in [1.54, 1.807) is 18.8 Å². The van der Waals surface area contributed by atoms with Gasteiger partial charge in [0.05, 0.1) is 0 Å². The average molecular weight is 291 g/mol. The summed E-state index contributed by atoms with van der Waals surface area (Å²) < 4.78 is 36.2. The van der Waals surface area contributed by atoms with Crippen LogP contribution in [-0.4, -0.2) is 25.0 Å². The molecular formula is C14H20F3NS. The molecule has 0 saturated carbocycles. The number of hydrogen-bond donors (Lipinski definition) is 1. The number of aryl methyl sites for hydroxylation is 1. The Morgan fingerprint density at radius 3 is 2.63 bits per heavy atom. The van der Waals surface area contributed by atoms with Crippen LogP contribution in [0, 0.1) is 6.92 Å². The SMILES string of the molecule is CNC(CCCC(F)(F)F)CSc1cccc(C)c1. The lowest BCUT2D eigenvalue weighted by atomic mass is 10.1. The van der Waals surface area contributed by atoms with E-state index in [1.165, 1.54) is 5.56 Å². The van der Waals surface area contributed by atoms with E-state index < -0.39 is 12.6 Å². The van der Waals surface area contributed by atoms with Crippen molar-refractivity contribution >= 4 is 11.8 Å². The Bertz CT molecular complexity index is 379. The van der Waals surface area contributed by atoms with Gasteiger partial charge in [-0.25, -0.2) is 0 Å². The highest BCUT2D eigenvalue weighted by atomic mass is 32.2. The van der Waals surface area contributed by atoms with Crippen LogP contribution < -0.4 is 5.32 Å². The second kappa shape index (κ2) is 7.80. The van der Waals surface area contributed by atoms with Crippen molar-refractivity contribution in [2.45, 2.75) is 43.3 Å². The van der Waals surface area contributed by atoms with Crippen molar-refractivity contribution in [1.82, 2.24) is 5.32 Å². The number of alkyl halides is 3. The van der Waals surface area contributed by atoms with Gasteiger partial charge in [0.2, 0.25) is 0 Å². The first-order valence-electron chi connectivity index (χ1n) is 6.34. The molecule has 108 valence electrons. The summed E-state index contributed by atoms with van der Waals surface area (Å²) in [7, 11) is 1.80. The number of halogens is 3. The molecule has 0 aliphatic heterocycles. The molecule has 1 N–H and O–H groups in total. The smallest absolute Gasteiger partial charge is 0.316 e. The first-order chi connectivity index (χ1) is 8.90. The van der Waals surface area contributed by atoms with E-state index in [4.69, 9.17) is 0 Å². The molecule has 0 aliphatic carbocycles. The van der Waals surface area contributed by atoms with Crippen LogP contribution in [0.2, 0.25) is 0 Å². The zero-order valence-electron chi connectivity index (χ0n) is 11.3. The molecule has 0 heterocycles. The van der Waals surface area contributed by atoms with Crippen molar-refractivity contribution in [3.05, 3.63) is 29.8 Å². The van der Waals surface area contributed by atoms with Crippen LogP contribution in [0.5, 0.6) is 0 Å². The van der Waals surface area contributed by atoms with Gasteiger partial charge in [0.25, 0.3) is 0 Å². The van der Waals surface area contributed by atoms with Gasteiger partial charge in [-0.15, -0.1) is 11.8 Å². The van der Waals surface area contributed by atoms with E-state index in [2.05, 4.69) is 11.4 Å². The van der Waals surface area contributed by atoms with E-state index in [0.29, 0.717) is 6.42 Å². The number of hydrogen-bond acceptors (Lipinski definition) is 2. The Balaban J connectivity index is 2.32. The molecule has 1 aromatic carbocycles. The summed E-state index contributed by atoms with van der Waals surface area (Å²) in [5.74, 6) is 0.789. The van der Waals surface area contributed by atoms with Crippen LogP contribution in [0.15, 0.2) is 29.2 Å². The highest BCUT2D eigenvalue weighted by Gasteiger charge is 2.26. The van der Waals surface area contributed by atoms with Gasteiger partial charge < -0.3 is 5.32 Å². The molecule has 0 aliphatic rings. The highest BCUT2D eigenvalue weighted by molar-refractivity contribution is 7.99. The van der Waals surface area contributed by atoms with Crippen LogP contribution >= 0.6 is 11.8 Å². The van der Waals surface area contributed by atoms with Gasteiger partial charge in [0.15, 0.2) is 0 Å². The Morgan fingerprint density at radius 2 is 2.05 bits per heavy atom. The van der Waals surface area contributed by atoms with Gasteiger partial charge in [-0.1, -0.05) is 17.7 Å². The summed E-state index contributed by atoms with van der Waals surface area (Å²) in [6.07, 6.45) is -4.00. The lowest BCUT2D eigenvalue weighted by Crippen LogP contribution is -2.28. The molecule has 0 spiro atoms. The van der Waals surface area contributed by atoms with Crippen molar-refractivity contribution in [1.29, 1.82) is 0 Å². The number of benzene rings is 1. The molecule has 0 aromatic heterocycles. The zero-order chi connectivity index (χ0) is 14.3. The second-order valence-electron chi connectivity index (χ2n) is 4.62. The third-order valence-corrected chi connectivity index (χ3v) is 4.02. The maximum Gasteiger partial charge on any atom is 0.389 e. The van der Waals surface area contributed by atoms with Gasteiger partial charge >= 0.3 is 6.18 Å². The maximum atomic E-state index is 12.1. The summed E-state index contributed by atoms with van der Waals surface area (Å²) in [5, 5.41) is 3.08. The van der Waals surface area contributed by atoms with E-state index in [1.807, 2.05) is 25.1 Å².